The number of nitrogens with one attached hydrogen (secondary N) is 1. The first kappa shape index (κ1) is 19.7. The third-order valence-corrected chi connectivity index (χ3v) is 4.95. The Balaban J connectivity index is 1.32. The van der Waals surface area contributed by atoms with Crippen molar-refractivity contribution in [2.45, 2.75) is 12.1 Å². The Morgan fingerprint density at radius 1 is 0.967 bits per heavy atom. The molecule has 4 aromatic rings. The van der Waals surface area contributed by atoms with Crippen LogP contribution < -0.4 is 10.1 Å². The highest BCUT2D eigenvalue weighted by Gasteiger charge is 2.11. The van der Waals surface area contributed by atoms with Gasteiger partial charge in [0.25, 0.3) is 5.22 Å². The van der Waals surface area contributed by atoms with Gasteiger partial charge in [0.05, 0.1) is 5.75 Å². The van der Waals surface area contributed by atoms with E-state index in [4.69, 9.17) is 9.15 Å². The van der Waals surface area contributed by atoms with Gasteiger partial charge in [0, 0.05) is 17.3 Å². The number of hydrogen-bond acceptors (Lipinski definition) is 6. The molecule has 0 spiro atoms. The summed E-state index contributed by atoms with van der Waals surface area (Å²) in [5.41, 5.74) is 2.65. The van der Waals surface area contributed by atoms with Crippen LogP contribution in [0.25, 0.3) is 11.5 Å². The molecule has 1 aromatic heterocycles. The number of ether oxygens (including phenoxy) is 1. The van der Waals surface area contributed by atoms with E-state index in [-0.39, 0.29) is 11.7 Å². The summed E-state index contributed by atoms with van der Waals surface area (Å²) < 4.78 is 11.4. The minimum Gasteiger partial charge on any atom is -0.457 e. The average molecular weight is 417 g/mol. The van der Waals surface area contributed by atoms with Gasteiger partial charge in [-0.3, -0.25) is 4.79 Å². The van der Waals surface area contributed by atoms with E-state index in [1.807, 2.05) is 79.7 Å². The van der Waals surface area contributed by atoms with Crippen molar-refractivity contribution < 1.29 is 13.9 Å². The number of para-hydroxylation sites is 1. The Morgan fingerprint density at radius 3 is 2.53 bits per heavy atom. The average Bonchev–Trinajstić information content (AvgIpc) is 3.23. The topological polar surface area (TPSA) is 77.2 Å². The van der Waals surface area contributed by atoms with Gasteiger partial charge >= 0.3 is 0 Å². The maximum Gasteiger partial charge on any atom is 0.277 e. The molecule has 3 aromatic carbocycles. The second-order valence-corrected chi connectivity index (χ2v) is 7.45. The first-order valence-corrected chi connectivity index (χ1v) is 10.3. The summed E-state index contributed by atoms with van der Waals surface area (Å²) in [6.45, 7) is 2.01. The largest absolute Gasteiger partial charge is 0.457 e. The van der Waals surface area contributed by atoms with Gasteiger partial charge in [-0.15, -0.1) is 10.2 Å². The summed E-state index contributed by atoms with van der Waals surface area (Å²) in [5.74, 6) is 1.79. The number of aryl methyl sites for hydroxylation is 1. The fourth-order valence-corrected chi connectivity index (χ4v) is 3.23. The Bertz CT molecular complexity index is 1130. The molecule has 0 unspecified atom stereocenters. The Hall–Kier alpha value is -3.58. The summed E-state index contributed by atoms with van der Waals surface area (Å²) >= 11 is 1.19. The highest BCUT2D eigenvalue weighted by molar-refractivity contribution is 7.99. The molecule has 150 valence electrons. The van der Waals surface area contributed by atoms with E-state index in [9.17, 15) is 4.79 Å². The Morgan fingerprint density at radius 2 is 1.73 bits per heavy atom. The van der Waals surface area contributed by atoms with E-state index in [0.29, 0.717) is 22.6 Å². The number of carbonyl (C=O) groups is 1. The van der Waals surface area contributed by atoms with Crippen molar-refractivity contribution in [2.24, 2.45) is 0 Å². The summed E-state index contributed by atoms with van der Waals surface area (Å²) in [7, 11) is 0. The van der Waals surface area contributed by atoms with Gasteiger partial charge in [-0.25, -0.2) is 0 Å². The van der Waals surface area contributed by atoms with Gasteiger partial charge in [0.1, 0.15) is 11.5 Å². The molecule has 0 saturated carbocycles. The van der Waals surface area contributed by atoms with Gasteiger partial charge in [-0.1, -0.05) is 53.7 Å². The van der Waals surface area contributed by atoms with Crippen molar-refractivity contribution in [1.82, 2.24) is 10.2 Å². The summed E-state index contributed by atoms with van der Waals surface area (Å²) in [6.07, 6.45) is 0. The van der Waals surface area contributed by atoms with E-state index in [2.05, 4.69) is 15.5 Å². The third kappa shape index (κ3) is 5.27. The number of thioether (sulfide) groups is 1. The van der Waals surface area contributed by atoms with Crippen LogP contribution in [0.5, 0.6) is 11.5 Å². The minimum absolute atomic E-state index is 0.152. The molecule has 0 aliphatic heterocycles. The fraction of sp³-hybridized carbons (Fsp3) is 0.0870. The van der Waals surface area contributed by atoms with E-state index in [1.165, 1.54) is 11.8 Å². The number of rotatable bonds is 7. The predicted octanol–water partition coefficient (Wildman–Crippen LogP) is 5.57. The quantitative estimate of drug-likeness (QED) is 0.396. The van der Waals surface area contributed by atoms with Crippen molar-refractivity contribution in [3.05, 3.63) is 84.4 Å². The van der Waals surface area contributed by atoms with Crippen LogP contribution in [0.2, 0.25) is 0 Å². The van der Waals surface area contributed by atoms with Crippen LogP contribution in [0.15, 0.2) is 88.5 Å². The van der Waals surface area contributed by atoms with Crippen LogP contribution >= 0.6 is 11.8 Å². The molecule has 30 heavy (non-hydrogen) atoms. The zero-order valence-corrected chi connectivity index (χ0v) is 17.1. The van der Waals surface area contributed by atoms with E-state index < -0.39 is 0 Å². The molecular weight excluding hydrogens is 398 g/mol. The second-order valence-electron chi connectivity index (χ2n) is 6.52. The molecule has 0 atom stereocenters. The van der Waals surface area contributed by atoms with Gasteiger partial charge in [-0.05, 0) is 43.3 Å². The number of amides is 1. The minimum atomic E-state index is -0.174. The summed E-state index contributed by atoms with van der Waals surface area (Å²) in [5, 5.41) is 11.2. The van der Waals surface area contributed by atoms with E-state index >= 15 is 0 Å². The van der Waals surface area contributed by atoms with Crippen molar-refractivity contribution in [3.8, 4) is 23.0 Å². The number of anilines is 1. The number of aromatic nitrogens is 2. The number of nitrogens with zero attached hydrogens (tertiary/aromatic N) is 2. The normalized spacial score (nSPS) is 10.6. The molecule has 6 nitrogen and oxygen atoms in total. The van der Waals surface area contributed by atoms with E-state index in [0.717, 1.165) is 16.9 Å². The molecular formula is C23H19N3O3S. The maximum atomic E-state index is 12.3. The van der Waals surface area contributed by atoms with Gasteiger partial charge < -0.3 is 14.5 Å². The third-order valence-electron chi connectivity index (χ3n) is 4.13. The lowest BCUT2D eigenvalue weighted by atomic mass is 10.1. The monoisotopic (exact) mass is 417 g/mol. The Kier molecular flexibility index (Phi) is 6.10. The number of hydrogen-bond donors (Lipinski definition) is 1. The van der Waals surface area contributed by atoms with Crippen molar-refractivity contribution in [3.63, 3.8) is 0 Å². The summed E-state index contributed by atoms with van der Waals surface area (Å²) in [6, 6.07) is 24.5. The molecule has 0 aliphatic rings. The summed E-state index contributed by atoms with van der Waals surface area (Å²) in [4.78, 5) is 12.3. The molecule has 0 radical (unpaired) electrons. The zero-order valence-electron chi connectivity index (χ0n) is 16.2. The first-order valence-electron chi connectivity index (χ1n) is 9.32. The molecule has 0 aliphatic carbocycles. The lowest BCUT2D eigenvalue weighted by molar-refractivity contribution is -0.113. The second kappa shape index (κ2) is 9.28. The number of benzene rings is 3. The zero-order chi connectivity index (χ0) is 20.8. The molecule has 1 amide bonds. The van der Waals surface area contributed by atoms with Crippen molar-refractivity contribution >= 4 is 23.4 Å². The molecule has 4 rings (SSSR count). The van der Waals surface area contributed by atoms with Crippen LogP contribution in [0.3, 0.4) is 0 Å². The van der Waals surface area contributed by atoms with Crippen LogP contribution in [-0.4, -0.2) is 21.9 Å². The number of carbonyl (C=O) groups excluding carboxylic acids is 1. The van der Waals surface area contributed by atoms with Gasteiger partial charge in [0.2, 0.25) is 11.8 Å². The predicted molar refractivity (Wildman–Crippen MR) is 117 cm³/mol. The molecule has 1 heterocycles. The van der Waals surface area contributed by atoms with Crippen molar-refractivity contribution in [2.75, 3.05) is 11.1 Å². The van der Waals surface area contributed by atoms with Crippen LogP contribution in [-0.2, 0) is 4.79 Å². The van der Waals surface area contributed by atoms with Crippen LogP contribution in [0.4, 0.5) is 5.69 Å². The highest BCUT2D eigenvalue weighted by atomic mass is 32.2. The standard InChI is InChI=1S/C23H19N3O3S/c1-16-10-12-17(13-11-16)22-25-26-23(29-22)30-15-21(27)24-18-6-5-9-20(14-18)28-19-7-3-2-4-8-19/h2-14H,15H2,1H3,(H,24,27). The lowest BCUT2D eigenvalue weighted by Gasteiger charge is -2.08. The van der Waals surface area contributed by atoms with Crippen LogP contribution in [0.1, 0.15) is 5.56 Å². The lowest BCUT2D eigenvalue weighted by Crippen LogP contribution is -2.13. The van der Waals surface area contributed by atoms with E-state index in [1.54, 1.807) is 6.07 Å². The molecule has 0 saturated heterocycles. The highest BCUT2D eigenvalue weighted by Crippen LogP contribution is 2.25. The smallest absolute Gasteiger partial charge is 0.277 e. The maximum absolute atomic E-state index is 12.3. The van der Waals surface area contributed by atoms with Crippen molar-refractivity contribution in [1.29, 1.82) is 0 Å². The fourth-order valence-electron chi connectivity index (χ4n) is 2.67. The Labute approximate surface area is 178 Å². The molecule has 0 fully saturated rings. The van der Waals surface area contributed by atoms with Gasteiger partial charge in [-0.2, -0.15) is 0 Å². The SMILES string of the molecule is Cc1ccc(-c2nnc(SCC(=O)Nc3cccc(Oc4ccccc4)c3)o2)cc1. The van der Waals surface area contributed by atoms with Gasteiger partial charge in [0.15, 0.2) is 0 Å². The first-order chi connectivity index (χ1) is 14.7. The molecule has 7 heteroatoms. The molecule has 0 bridgehead atoms. The van der Waals surface area contributed by atoms with Crippen LogP contribution in [0, 0.1) is 6.92 Å². The molecule has 1 N–H and O–H groups in total.